The van der Waals surface area contributed by atoms with Gasteiger partial charge in [0.1, 0.15) is 0 Å². The van der Waals surface area contributed by atoms with E-state index in [0.717, 1.165) is 10.9 Å². The summed E-state index contributed by atoms with van der Waals surface area (Å²) < 4.78 is 35.0. The summed E-state index contributed by atoms with van der Waals surface area (Å²) >= 11 is 3.28. The molecule has 0 N–H and O–H groups in total. The van der Waals surface area contributed by atoms with Crippen LogP contribution in [0.3, 0.4) is 0 Å². The van der Waals surface area contributed by atoms with Crippen molar-refractivity contribution in [3.05, 3.63) is 64.6 Å². The number of benzene rings is 2. The Labute approximate surface area is 139 Å². The van der Waals surface area contributed by atoms with Crippen LogP contribution in [-0.2, 0) is 14.8 Å². The smallest absolute Gasteiger partial charge is 0.285 e. The maximum Gasteiger partial charge on any atom is 0.285 e. The summed E-state index contributed by atoms with van der Waals surface area (Å²) in [6.45, 7) is 2.36. The molecule has 0 atom stereocenters. The van der Waals surface area contributed by atoms with Crippen molar-refractivity contribution in [2.24, 2.45) is 4.40 Å². The molecule has 0 unspecified atom stereocenters. The van der Waals surface area contributed by atoms with E-state index in [0.29, 0.717) is 12.2 Å². The first-order valence-corrected chi connectivity index (χ1v) is 9.05. The van der Waals surface area contributed by atoms with Gasteiger partial charge in [0.15, 0.2) is 0 Å². The Bertz CT molecular complexity index is 741. The molecule has 22 heavy (non-hydrogen) atoms. The van der Waals surface area contributed by atoms with Gasteiger partial charge in [0.2, 0.25) is 5.90 Å². The van der Waals surface area contributed by atoms with Crippen molar-refractivity contribution in [2.45, 2.75) is 18.2 Å². The second-order valence-corrected chi connectivity index (χ2v) is 7.06. The van der Waals surface area contributed by atoms with E-state index in [1.54, 1.807) is 24.3 Å². The first-order chi connectivity index (χ1) is 10.5. The fourth-order valence-electron chi connectivity index (χ4n) is 1.71. The Morgan fingerprint density at radius 1 is 1.09 bits per heavy atom. The maximum atomic E-state index is 12.4. The van der Waals surface area contributed by atoms with Gasteiger partial charge in [-0.1, -0.05) is 41.1 Å². The highest BCUT2D eigenvalue weighted by Crippen LogP contribution is 2.18. The van der Waals surface area contributed by atoms with Gasteiger partial charge in [-0.3, -0.25) is 0 Å². The van der Waals surface area contributed by atoms with Crippen LogP contribution in [0.4, 0.5) is 0 Å². The van der Waals surface area contributed by atoms with E-state index in [1.165, 1.54) is 12.1 Å². The summed E-state index contributed by atoms with van der Waals surface area (Å²) in [5, 5.41) is 0. The van der Waals surface area contributed by atoms with E-state index < -0.39 is 10.0 Å². The number of rotatable bonds is 5. The third-order valence-electron chi connectivity index (χ3n) is 2.78. The summed E-state index contributed by atoms with van der Waals surface area (Å²) in [5.41, 5.74) is 0.636. The average molecular weight is 382 g/mol. The molecule has 2 aromatic rings. The van der Waals surface area contributed by atoms with E-state index in [4.69, 9.17) is 4.74 Å². The monoisotopic (exact) mass is 381 g/mol. The van der Waals surface area contributed by atoms with Crippen molar-refractivity contribution in [3.63, 3.8) is 0 Å². The van der Waals surface area contributed by atoms with E-state index >= 15 is 0 Å². The molecule has 0 bridgehead atoms. The van der Waals surface area contributed by atoms with Crippen LogP contribution in [-0.4, -0.2) is 20.9 Å². The van der Waals surface area contributed by atoms with Crippen molar-refractivity contribution in [3.8, 4) is 0 Å². The zero-order valence-electron chi connectivity index (χ0n) is 12.1. The number of ether oxygens (including phenoxy) is 1. The third-order valence-corrected chi connectivity index (χ3v) is 4.58. The van der Waals surface area contributed by atoms with E-state index in [-0.39, 0.29) is 10.8 Å². The summed E-state index contributed by atoms with van der Waals surface area (Å²) in [5.74, 6) is 0.116. The van der Waals surface area contributed by atoms with Crippen molar-refractivity contribution >= 4 is 31.9 Å². The summed E-state index contributed by atoms with van der Waals surface area (Å²) in [7, 11) is -3.81. The number of nitrogens with zero attached hydrogens (tertiary/aromatic N) is 1. The minimum Gasteiger partial charge on any atom is -0.477 e. The highest BCUT2D eigenvalue weighted by atomic mass is 79.9. The molecule has 0 aromatic heterocycles. The predicted octanol–water partition coefficient (Wildman–Crippen LogP) is 4.01. The molecule has 6 heteroatoms. The van der Waals surface area contributed by atoms with Crippen LogP contribution in [0, 0.1) is 0 Å². The predicted molar refractivity (Wildman–Crippen MR) is 90.5 cm³/mol. The number of sulfonamides is 1. The number of hydrogen-bond acceptors (Lipinski definition) is 3. The molecule has 2 rings (SSSR count). The molecule has 0 saturated carbocycles. The van der Waals surface area contributed by atoms with Gasteiger partial charge in [-0.25, -0.2) is 0 Å². The Balaban J connectivity index is 2.41. The minimum absolute atomic E-state index is 0.116. The van der Waals surface area contributed by atoms with Gasteiger partial charge in [0.25, 0.3) is 10.0 Å². The second-order valence-electron chi connectivity index (χ2n) is 4.54. The SMILES string of the molecule is CCCO/C(=N/S(=O)(=O)c1ccc(Br)cc1)c1ccccc1. The van der Waals surface area contributed by atoms with Gasteiger partial charge in [-0.15, -0.1) is 4.40 Å². The molecule has 0 saturated heterocycles. The molecule has 0 spiro atoms. The Morgan fingerprint density at radius 3 is 2.32 bits per heavy atom. The summed E-state index contributed by atoms with van der Waals surface area (Å²) in [4.78, 5) is 0.129. The molecular weight excluding hydrogens is 366 g/mol. The van der Waals surface area contributed by atoms with Gasteiger partial charge in [-0.05, 0) is 42.8 Å². The fourth-order valence-corrected chi connectivity index (χ4v) is 2.94. The van der Waals surface area contributed by atoms with Crippen LogP contribution < -0.4 is 0 Å². The van der Waals surface area contributed by atoms with Gasteiger partial charge in [0.05, 0.1) is 11.5 Å². The number of hydrogen-bond donors (Lipinski definition) is 0. The van der Waals surface area contributed by atoms with Gasteiger partial charge in [-0.2, -0.15) is 8.42 Å². The largest absolute Gasteiger partial charge is 0.477 e. The third kappa shape index (κ3) is 4.42. The lowest BCUT2D eigenvalue weighted by atomic mass is 10.2. The molecule has 0 heterocycles. The average Bonchev–Trinajstić information content (AvgIpc) is 2.52. The lowest BCUT2D eigenvalue weighted by Gasteiger charge is -2.09. The van der Waals surface area contributed by atoms with Crippen LogP contribution in [0.15, 0.2) is 68.4 Å². The molecule has 0 amide bonds. The summed E-state index contributed by atoms with van der Waals surface area (Å²) in [6, 6.07) is 15.4. The van der Waals surface area contributed by atoms with Crippen LogP contribution in [0.25, 0.3) is 0 Å². The fraction of sp³-hybridized carbons (Fsp3) is 0.188. The van der Waals surface area contributed by atoms with Gasteiger partial charge >= 0.3 is 0 Å². The zero-order chi connectivity index (χ0) is 16.0. The van der Waals surface area contributed by atoms with E-state index in [9.17, 15) is 8.42 Å². The Kier molecular flexibility index (Phi) is 5.74. The molecular formula is C16H16BrNO3S. The second kappa shape index (κ2) is 7.56. The highest BCUT2D eigenvalue weighted by molar-refractivity contribution is 9.10. The van der Waals surface area contributed by atoms with Crippen molar-refractivity contribution in [1.29, 1.82) is 0 Å². The van der Waals surface area contributed by atoms with E-state index in [1.807, 2.05) is 25.1 Å². The topological polar surface area (TPSA) is 55.7 Å². The normalized spacial score (nSPS) is 12.2. The van der Waals surface area contributed by atoms with Gasteiger partial charge < -0.3 is 4.74 Å². The first-order valence-electron chi connectivity index (χ1n) is 6.81. The lowest BCUT2D eigenvalue weighted by molar-refractivity contribution is 0.306. The van der Waals surface area contributed by atoms with Crippen molar-refractivity contribution < 1.29 is 13.2 Å². The molecule has 0 aliphatic rings. The van der Waals surface area contributed by atoms with Crippen LogP contribution in [0.5, 0.6) is 0 Å². The molecule has 116 valence electrons. The Hall–Kier alpha value is -1.66. The molecule has 0 aliphatic carbocycles. The van der Waals surface area contributed by atoms with Crippen LogP contribution in [0.1, 0.15) is 18.9 Å². The highest BCUT2D eigenvalue weighted by Gasteiger charge is 2.16. The van der Waals surface area contributed by atoms with Crippen LogP contribution >= 0.6 is 15.9 Å². The quantitative estimate of drug-likeness (QED) is 0.580. The van der Waals surface area contributed by atoms with Crippen molar-refractivity contribution in [2.75, 3.05) is 6.61 Å². The molecule has 4 nitrogen and oxygen atoms in total. The minimum atomic E-state index is -3.81. The van der Waals surface area contributed by atoms with Gasteiger partial charge in [0, 0.05) is 10.0 Å². The number of halogens is 1. The molecule has 0 aliphatic heterocycles. The van der Waals surface area contributed by atoms with Crippen LogP contribution in [0.2, 0.25) is 0 Å². The zero-order valence-corrected chi connectivity index (χ0v) is 14.5. The maximum absolute atomic E-state index is 12.4. The van der Waals surface area contributed by atoms with Crippen molar-refractivity contribution in [1.82, 2.24) is 0 Å². The summed E-state index contributed by atoms with van der Waals surface area (Å²) in [6.07, 6.45) is 0.768. The Morgan fingerprint density at radius 2 is 1.73 bits per heavy atom. The standard InChI is InChI=1S/C16H16BrNO3S/c1-2-12-21-16(13-6-4-3-5-7-13)18-22(19,20)15-10-8-14(17)9-11-15/h3-11H,2,12H2,1H3/b18-16+. The molecule has 0 radical (unpaired) electrons. The first kappa shape index (κ1) is 16.7. The lowest BCUT2D eigenvalue weighted by Crippen LogP contribution is -2.11. The van der Waals surface area contributed by atoms with E-state index in [2.05, 4.69) is 20.3 Å². The molecule has 2 aromatic carbocycles. The molecule has 0 fully saturated rings.